The van der Waals surface area contributed by atoms with Gasteiger partial charge in [0.1, 0.15) is 11.7 Å². The maximum absolute atomic E-state index is 13.8. The second-order valence-corrected chi connectivity index (χ2v) is 12.3. The number of hydrogen-bond acceptors (Lipinski definition) is 5. The zero-order chi connectivity index (χ0) is 27.3. The van der Waals surface area contributed by atoms with E-state index in [9.17, 15) is 14.4 Å². The number of carbonyl (C=O) groups is 3. The summed E-state index contributed by atoms with van der Waals surface area (Å²) in [4.78, 5) is 39.7. The molecule has 0 radical (unpaired) electrons. The molecule has 1 heterocycles. The standard InChI is InChI=1S/C30H40N6O3/c1-16(2)36-24(13-14-32-36)28(37)35-27(25(17-3-4-17)18-5-6-18)30(39)33-21-10-11-22-20(15-21)9-12-23(22)34-29(38)26(31)19-7-8-19/h10-11,13-19,23,25-27H,3-9,12,31H2,1-2H3,(H,33,39)(H,34,38)(H,35,37)/t23-,26-,27+/m1/s1. The largest absolute Gasteiger partial charge is 0.348 e. The first-order valence-corrected chi connectivity index (χ1v) is 14.6. The Morgan fingerprint density at radius 1 is 0.949 bits per heavy atom. The van der Waals surface area contributed by atoms with Gasteiger partial charge in [-0.15, -0.1) is 0 Å². The molecule has 5 N–H and O–H groups in total. The number of amides is 3. The van der Waals surface area contributed by atoms with Crippen LogP contribution < -0.4 is 21.7 Å². The van der Waals surface area contributed by atoms with E-state index in [4.69, 9.17) is 5.73 Å². The normalized spacial score (nSPS) is 21.9. The van der Waals surface area contributed by atoms with Crippen molar-refractivity contribution in [3.05, 3.63) is 47.3 Å². The van der Waals surface area contributed by atoms with Gasteiger partial charge in [0.25, 0.3) is 5.91 Å². The Balaban J connectivity index is 1.17. The van der Waals surface area contributed by atoms with E-state index in [1.165, 1.54) is 0 Å². The van der Waals surface area contributed by atoms with Crippen molar-refractivity contribution in [1.29, 1.82) is 0 Å². The molecule has 0 aliphatic heterocycles. The first kappa shape index (κ1) is 26.0. The molecule has 39 heavy (non-hydrogen) atoms. The van der Waals surface area contributed by atoms with Crippen LogP contribution in [-0.4, -0.2) is 39.6 Å². The number of anilines is 1. The van der Waals surface area contributed by atoms with Crippen molar-refractivity contribution in [3.63, 3.8) is 0 Å². The number of benzene rings is 1. The summed E-state index contributed by atoms with van der Waals surface area (Å²) in [7, 11) is 0. The Morgan fingerprint density at radius 3 is 2.28 bits per heavy atom. The van der Waals surface area contributed by atoms with Gasteiger partial charge < -0.3 is 21.7 Å². The van der Waals surface area contributed by atoms with Crippen molar-refractivity contribution in [2.45, 2.75) is 89.4 Å². The predicted octanol–water partition coefficient (Wildman–Crippen LogP) is 3.48. The highest BCUT2D eigenvalue weighted by molar-refractivity contribution is 6.01. The minimum Gasteiger partial charge on any atom is -0.348 e. The van der Waals surface area contributed by atoms with E-state index in [0.29, 0.717) is 23.4 Å². The predicted molar refractivity (Wildman–Crippen MR) is 148 cm³/mol. The van der Waals surface area contributed by atoms with Gasteiger partial charge in [0.15, 0.2) is 0 Å². The summed E-state index contributed by atoms with van der Waals surface area (Å²) in [6, 6.07) is 6.59. The van der Waals surface area contributed by atoms with Gasteiger partial charge in [-0.25, -0.2) is 0 Å². The Labute approximate surface area is 229 Å². The number of nitrogens with two attached hydrogens (primary N) is 1. The van der Waals surface area contributed by atoms with E-state index in [2.05, 4.69) is 21.0 Å². The number of nitrogens with zero attached hydrogens (tertiary/aromatic N) is 2. The molecule has 4 aliphatic rings. The minimum absolute atomic E-state index is 0.0418. The van der Waals surface area contributed by atoms with Gasteiger partial charge in [-0.3, -0.25) is 19.1 Å². The molecule has 208 valence electrons. The lowest BCUT2D eigenvalue weighted by Gasteiger charge is -2.28. The molecule has 0 unspecified atom stereocenters. The molecule has 4 aliphatic carbocycles. The van der Waals surface area contributed by atoms with E-state index >= 15 is 0 Å². The summed E-state index contributed by atoms with van der Waals surface area (Å²) in [6.07, 6.45) is 9.79. The first-order valence-electron chi connectivity index (χ1n) is 14.6. The minimum atomic E-state index is -0.600. The highest BCUT2D eigenvalue weighted by atomic mass is 16.2. The van der Waals surface area contributed by atoms with Crippen LogP contribution in [0.5, 0.6) is 0 Å². The van der Waals surface area contributed by atoms with Crippen LogP contribution in [0.15, 0.2) is 30.5 Å². The third-order valence-corrected chi connectivity index (χ3v) is 8.92. The molecule has 9 heteroatoms. The lowest BCUT2D eigenvalue weighted by molar-refractivity contribution is -0.123. The molecule has 9 nitrogen and oxygen atoms in total. The van der Waals surface area contributed by atoms with Crippen molar-refractivity contribution in [2.75, 3.05) is 5.32 Å². The summed E-state index contributed by atoms with van der Waals surface area (Å²) in [6.45, 7) is 3.97. The number of nitrogens with one attached hydrogen (secondary N) is 3. The van der Waals surface area contributed by atoms with Gasteiger partial charge in [0.2, 0.25) is 11.8 Å². The molecule has 6 rings (SSSR count). The fraction of sp³-hybridized carbons (Fsp3) is 0.600. The summed E-state index contributed by atoms with van der Waals surface area (Å²) in [5, 5.41) is 13.7. The Kier molecular flexibility index (Phi) is 6.95. The lowest BCUT2D eigenvalue weighted by atomic mass is 9.88. The molecule has 1 aromatic heterocycles. The second-order valence-electron chi connectivity index (χ2n) is 12.3. The number of rotatable bonds is 11. The Bertz CT molecular complexity index is 1250. The van der Waals surface area contributed by atoms with E-state index in [1.54, 1.807) is 16.9 Å². The van der Waals surface area contributed by atoms with Crippen LogP contribution in [0.25, 0.3) is 0 Å². The summed E-state index contributed by atoms with van der Waals surface area (Å²) >= 11 is 0. The topological polar surface area (TPSA) is 131 Å². The van der Waals surface area contributed by atoms with Crippen LogP contribution in [0.3, 0.4) is 0 Å². The molecule has 0 saturated heterocycles. The Morgan fingerprint density at radius 2 is 1.64 bits per heavy atom. The fourth-order valence-electron chi connectivity index (χ4n) is 6.35. The second kappa shape index (κ2) is 10.4. The molecule has 2 aromatic rings. The average Bonchev–Trinajstić information content (AvgIpc) is 3.81. The molecule has 0 spiro atoms. The van der Waals surface area contributed by atoms with E-state index < -0.39 is 12.1 Å². The first-order chi connectivity index (χ1) is 18.8. The SMILES string of the molecule is CC(C)n1nccc1C(=O)N[C@H](C(=O)Nc1ccc2c(c1)CC[C@H]2NC(=O)[C@H](N)C1CC1)C(C1CC1)C1CC1. The van der Waals surface area contributed by atoms with Gasteiger partial charge >= 0.3 is 0 Å². The van der Waals surface area contributed by atoms with E-state index in [1.807, 2.05) is 32.0 Å². The van der Waals surface area contributed by atoms with E-state index in [0.717, 1.165) is 68.2 Å². The van der Waals surface area contributed by atoms with Crippen LogP contribution in [0, 0.1) is 23.7 Å². The molecule has 3 fully saturated rings. The zero-order valence-corrected chi connectivity index (χ0v) is 22.9. The van der Waals surface area contributed by atoms with Crippen LogP contribution >= 0.6 is 0 Å². The van der Waals surface area contributed by atoms with Crippen LogP contribution in [0.4, 0.5) is 5.69 Å². The van der Waals surface area contributed by atoms with Crippen LogP contribution in [0.1, 0.15) is 92.5 Å². The van der Waals surface area contributed by atoms with Gasteiger partial charge in [-0.2, -0.15) is 5.10 Å². The highest BCUT2D eigenvalue weighted by Gasteiger charge is 2.48. The van der Waals surface area contributed by atoms with Gasteiger partial charge in [-0.05, 0) is 118 Å². The maximum Gasteiger partial charge on any atom is 0.270 e. The summed E-state index contributed by atoms with van der Waals surface area (Å²) in [5.41, 5.74) is 9.50. The van der Waals surface area contributed by atoms with Gasteiger partial charge in [0.05, 0.1) is 12.1 Å². The molecule has 3 atom stereocenters. The van der Waals surface area contributed by atoms with Crippen LogP contribution in [-0.2, 0) is 16.0 Å². The average molecular weight is 533 g/mol. The van der Waals surface area contributed by atoms with Crippen molar-refractivity contribution >= 4 is 23.4 Å². The smallest absolute Gasteiger partial charge is 0.270 e. The third kappa shape index (κ3) is 5.60. The van der Waals surface area contributed by atoms with Crippen molar-refractivity contribution in [3.8, 4) is 0 Å². The molecule has 3 saturated carbocycles. The number of carbonyl (C=O) groups excluding carboxylic acids is 3. The summed E-state index contributed by atoms with van der Waals surface area (Å²) in [5.74, 6) is 0.929. The Hall–Kier alpha value is -3.20. The number of hydrogen-bond donors (Lipinski definition) is 4. The maximum atomic E-state index is 13.8. The molecular formula is C30H40N6O3. The lowest BCUT2D eigenvalue weighted by Crippen LogP contribution is -2.50. The molecule has 0 bridgehead atoms. The number of aryl methyl sites for hydroxylation is 1. The van der Waals surface area contributed by atoms with Gasteiger partial charge in [0, 0.05) is 17.9 Å². The van der Waals surface area contributed by atoms with Crippen molar-refractivity contribution < 1.29 is 14.4 Å². The van der Waals surface area contributed by atoms with Crippen molar-refractivity contribution in [1.82, 2.24) is 20.4 Å². The van der Waals surface area contributed by atoms with Crippen molar-refractivity contribution in [2.24, 2.45) is 29.4 Å². The number of aromatic nitrogens is 2. The quantitative estimate of drug-likeness (QED) is 0.352. The molecule has 1 aromatic carbocycles. The molecule has 3 amide bonds. The number of fused-ring (bicyclic) bond motifs is 1. The highest BCUT2D eigenvalue weighted by Crippen LogP contribution is 2.51. The molecular weight excluding hydrogens is 492 g/mol. The summed E-state index contributed by atoms with van der Waals surface area (Å²) < 4.78 is 1.70. The van der Waals surface area contributed by atoms with Crippen LogP contribution in [0.2, 0.25) is 0 Å². The van der Waals surface area contributed by atoms with E-state index in [-0.39, 0.29) is 35.7 Å². The van der Waals surface area contributed by atoms with Gasteiger partial charge in [-0.1, -0.05) is 6.07 Å². The third-order valence-electron chi connectivity index (χ3n) is 8.92. The fourth-order valence-corrected chi connectivity index (χ4v) is 6.35. The monoisotopic (exact) mass is 532 g/mol. The zero-order valence-electron chi connectivity index (χ0n) is 22.9.